The molecule has 0 spiro atoms. The molecule has 0 radical (unpaired) electrons. The number of hydrogen-bond donors (Lipinski definition) is 1. The zero-order chi connectivity index (χ0) is 29.3. The Labute approximate surface area is 250 Å². The van der Waals surface area contributed by atoms with Gasteiger partial charge in [-0.1, -0.05) is 93.6 Å². The summed E-state index contributed by atoms with van der Waals surface area (Å²) in [6.45, 7) is 13.8. The first-order valence-corrected chi connectivity index (χ1v) is 14.6. The Hall–Kier alpha value is -5.05. The summed E-state index contributed by atoms with van der Waals surface area (Å²) < 4.78 is 1.07. The lowest BCUT2D eigenvalue weighted by Gasteiger charge is -2.19. The third-order valence-corrected chi connectivity index (χ3v) is 8.32. The molecule has 0 aliphatic carbocycles. The molecule has 0 fully saturated rings. The van der Waals surface area contributed by atoms with Gasteiger partial charge in [0.15, 0.2) is 5.69 Å². The van der Waals surface area contributed by atoms with E-state index in [-0.39, 0.29) is 11.2 Å². The topological polar surface area (TPSA) is 49.8 Å². The first kappa shape index (κ1) is 27.1. The average Bonchev–Trinajstić information content (AvgIpc) is 3.44. The van der Waals surface area contributed by atoms with Crippen molar-refractivity contribution >= 4 is 39.1 Å². The zero-order valence-corrected chi connectivity index (χ0v) is 24.5. The van der Waals surface area contributed by atoms with Crippen LogP contribution in [0.3, 0.4) is 0 Å². The molecule has 4 nitrogen and oxygen atoms in total. The van der Waals surface area contributed by atoms with Gasteiger partial charge in [-0.3, -0.25) is 4.99 Å². The number of aromatic nitrogens is 1. The molecule has 1 aromatic heterocycles. The van der Waals surface area contributed by atoms with Crippen molar-refractivity contribution < 1.29 is 5.11 Å². The van der Waals surface area contributed by atoms with Crippen molar-refractivity contribution in [1.82, 2.24) is 4.98 Å². The minimum atomic E-state index is -0.0382. The number of rotatable bonds is 5. The Balaban J connectivity index is 1.46. The van der Waals surface area contributed by atoms with E-state index in [0.29, 0.717) is 11.3 Å². The van der Waals surface area contributed by atoms with Crippen molar-refractivity contribution in [2.75, 3.05) is 0 Å². The van der Waals surface area contributed by atoms with Gasteiger partial charge in [-0.15, -0.1) is 11.3 Å². The van der Waals surface area contributed by atoms with Gasteiger partial charge in [0.2, 0.25) is 0 Å². The van der Waals surface area contributed by atoms with Crippen molar-refractivity contribution in [1.29, 1.82) is 0 Å². The average molecular weight is 564 g/mol. The lowest BCUT2D eigenvalue weighted by Crippen LogP contribution is -2.11. The van der Waals surface area contributed by atoms with Crippen LogP contribution in [0.15, 0.2) is 114 Å². The number of fused-ring (bicyclic) bond motifs is 1. The number of benzene rings is 5. The number of phenols is 1. The minimum absolute atomic E-state index is 0.0382. The maximum Gasteiger partial charge on any atom is 0.187 e. The van der Waals surface area contributed by atoms with E-state index < -0.39 is 0 Å². The van der Waals surface area contributed by atoms with E-state index in [9.17, 15) is 5.11 Å². The van der Waals surface area contributed by atoms with Crippen LogP contribution < -0.4 is 0 Å². The van der Waals surface area contributed by atoms with Gasteiger partial charge < -0.3 is 5.11 Å². The van der Waals surface area contributed by atoms with Crippen molar-refractivity contribution in [3.63, 3.8) is 0 Å². The highest BCUT2D eigenvalue weighted by atomic mass is 32.1. The summed E-state index contributed by atoms with van der Waals surface area (Å²) in [4.78, 5) is 13.5. The normalized spacial score (nSPS) is 11.7. The number of para-hydroxylation sites is 1. The number of phenolic OH excluding ortho intramolecular Hbond substituents is 1. The van der Waals surface area contributed by atoms with Crippen LogP contribution in [0.5, 0.6) is 5.75 Å². The second kappa shape index (κ2) is 11.1. The first-order chi connectivity index (χ1) is 20.3. The Morgan fingerprint density at radius 3 is 2.26 bits per heavy atom. The summed E-state index contributed by atoms with van der Waals surface area (Å²) in [5.41, 5.74) is 9.35. The van der Waals surface area contributed by atoms with E-state index in [1.807, 2.05) is 78.9 Å². The van der Waals surface area contributed by atoms with Crippen LogP contribution in [0.4, 0.5) is 11.4 Å². The van der Waals surface area contributed by atoms with Gasteiger partial charge in [-0.05, 0) is 64.1 Å². The molecule has 5 aromatic carbocycles. The van der Waals surface area contributed by atoms with Crippen molar-refractivity contribution in [3.05, 3.63) is 132 Å². The van der Waals surface area contributed by atoms with Gasteiger partial charge >= 0.3 is 0 Å². The maximum absolute atomic E-state index is 10.5. The second-order valence-corrected chi connectivity index (χ2v) is 12.2. The molecule has 0 atom stereocenters. The zero-order valence-electron chi connectivity index (χ0n) is 23.7. The molecule has 6 aromatic rings. The number of nitrogens with zero attached hydrogens (tertiary/aromatic N) is 3. The first-order valence-electron chi connectivity index (χ1n) is 13.7. The van der Waals surface area contributed by atoms with E-state index in [0.717, 1.165) is 54.3 Å². The van der Waals surface area contributed by atoms with Gasteiger partial charge in [-0.2, -0.15) is 0 Å². The fraction of sp³-hybridized carbons (Fsp3) is 0.108. The Bertz CT molecular complexity index is 1980. The SMILES string of the molecule is [C-]#[N+]c1ccc(-c2cc(-c3ccccc3)c3nc(-c4ccccc4N=Cc4cc(C(C)(C)C)ccc4O)sc3c2)cc1. The molecule has 204 valence electrons. The lowest BCUT2D eigenvalue weighted by atomic mass is 9.86. The molecule has 0 unspecified atom stereocenters. The third kappa shape index (κ3) is 5.45. The fourth-order valence-electron chi connectivity index (χ4n) is 4.91. The molecule has 6 rings (SSSR count). The van der Waals surface area contributed by atoms with Crippen LogP contribution >= 0.6 is 11.3 Å². The van der Waals surface area contributed by atoms with Crippen LogP contribution in [0.25, 0.3) is 47.9 Å². The molecule has 1 heterocycles. The number of thiazole rings is 1. The highest BCUT2D eigenvalue weighted by Gasteiger charge is 2.17. The van der Waals surface area contributed by atoms with Gasteiger partial charge in [0.1, 0.15) is 10.8 Å². The van der Waals surface area contributed by atoms with E-state index in [2.05, 4.69) is 49.9 Å². The molecular formula is C37H29N3OS. The molecule has 5 heteroatoms. The van der Waals surface area contributed by atoms with Crippen molar-refractivity contribution in [2.24, 2.45) is 4.99 Å². The summed E-state index contributed by atoms with van der Waals surface area (Å²) in [5.74, 6) is 0.202. The predicted octanol–water partition coefficient (Wildman–Crippen LogP) is 10.6. The quantitative estimate of drug-likeness (QED) is 0.168. The van der Waals surface area contributed by atoms with Crippen LogP contribution in [-0.4, -0.2) is 16.3 Å². The molecule has 0 saturated heterocycles. The maximum atomic E-state index is 10.5. The fourth-order valence-corrected chi connectivity index (χ4v) is 5.97. The smallest absolute Gasteiger partial charge is 0.187 e. The largest absolute Gasteiger partial charge is 0.507 e. The monoisotopic (exact) mass is 563 g/mol. The van der Waals surface area contributed by atoms with Crippen molar-refractivity contribution in [3.8, 4) is 38.6 Å². The Kier molecular flexibility index (Phi) is 7.16. The van der Waals surface area contributed by atoms with Crippen LogP contribution in [0.1, 0.15) is 31.9 Å². The summed E-state index contributed by atoms with van der Waals surface area (Å²) in [6, 6.07) is 36.1. The third-order valence-electron chi connectivity index (χ3n) is 7.28. The van der Waals surface area contributed by atoms with E-state index in [1.165, 1.54) is 0 Å². The van der Waals surface area contributed by atoms with Gasteiger partial charge in [-0.25, -0.2) is 9.83 Å². The van der Waals surface area contributed by atoms with Crippen molar-refractivity contribution in [2.45, 2.75) is 26.2 Å². The van der Waals surface area contributed by atoms with E-state index in [1.54, 1.807) is 23.6 Å². The number of aromatic hydroxyl groups is 1. The minimum Gasteiger partial charge on any atom is -0.507 e. The molecule has 0 saturated carbocycles. The Morgan fingerprint density at radius 1 is 0.786 bits per heavy atom. The summed E-state index contributed by atoms with van der Waals surface area (Å²) in [5, 5.41) is 11.4. The second-order valence-electron chi connectivity index (χ2n) is 11.2. The highest BCUT2D eigenvalue weighted by molar-refractivity contribution is 7.21. The predicted molar refractivity (Wildman–Crippen MR) is 176 cm³/mol. The number of hydrogen-bond acceptors (Lipinski definition) is 4. The van der Waals surface area contributed by atoms with Gasteiger partial charge in [0.05, 0.1) is 22.5 Å². The van der Waals surface area contributed by atoms with Crippen LogP contribution in [-0.2, 0) is 5.41 Å². The molecule has 1 N–H and O–H groups in total. The molecule has 0 amide bonds. The van der Waals surface area contributed by atoms with Crippen LogP contribution in [0, 0.1) is 6.57 Å². The van der Waals surface area contributed by atoms with E-state index in [4.69, 9.17) is 16.5 Å². The molecular weight excluding hydrogens is 534 g/mol. The molecule has 42 heavy (non-hydrogen) atoms. The Morgan fingerprint density at radius 2 is 1.52 bits per heavy atom. The number of aliphatic imine (C=N–C) groups is 1. The van der Waals surface area contributed by atoms with Gasteiger partial charge in [0, 0.05) is 22.9 Å². The van der Waals surface area contributed by atoms with Crippen LogP contribution in [0.2, 0.25) is 0 Å². The summed E-state index contributed by atoms with van der Waals surface area (Å²) in [6.07, 6.45) is 1.73. The van der Waals surface area contributed by atoms with Gasteiger partial charge in [0.25, 0.3) is 0 Å². The highest BCUT2D eigenvalue weighted by Crippen LogP contribution is 2.41. The summed E-state index contributed by atoms with van der Waals surface area (Å²) in [7, 11) is 0. The molecule has 0 aliphatic rings. The standard InChI is InChI=1S/C37H29N3OS/c1-37(2,3)28-16-19-33(41)27(20-28)23-39-32-13-9-8-12-30(32)36-40-35-31(25-10-6-5-7-11-25)21-26(22-34(35)42-36)24-14-17-29(38-4)18-15-24/h5-23,41H,1-3H3. The lowest BCUT2D eigenvalue weighted by molar-refractivity contribution is 0.473. The molecule has 0 aliphatic heterocycles. The molecule has 0 bridgehead atoms. The van der Waals surface area contributed by atoms with E-state index >= 15 is 0 Å². The summed E-state index contributed by atoms with van der Waals surface area (Å²) >= 11 is 1.64.